The van der Waals surface area contributed by atoms with E-state index < -0.39 is 41.9 Å². The average molecular weight is 327 g/mol. The normalized spacial score (nSPS) is 25.0. The summed E-state index contributed by atoms with van der Waals surface area (Å²) in [7, 11) is -3.74. The molecule has 1 aliphatic heterocycles. The lowest BCUT2D eigenvalue weighted by Crippen LogP contribution is -2.42. The number of nitrogens with zero attached hydrogens (tertiary/aromatic N) is 3. The number of pyridine rings is 1. The molecular weight excluding hydrogens is 306 g/mol. The summed E-state index contributed by atoms with van der Waals surface area (Å²) in [4.78, 5) is 22.0. The van der Waals surface area contributed by atoms with Gasteiger partial charge < -0.3 is 10.3 Å². The summed E-state index contributed by atoms with van der Waals surface area (Å²) in [6.45, 7) is -0.985. The van der Waals surface area contributed by atoms with E-state index in [-0.39, 0.29) is 17.2 Å². The average Bonchev–Trinajstić information content (AvgIpc) is 2.48. The number of aromatic nitrogens is 3. The van der Waals surface area contributed by atoms with Crippen LogP contribution in [0.15, 0.2) is 23.1 Å². The van der Waals surface area contributed by atoms with Crippen molar-refractivity contribution in [3.8, 4) is 0 Å². The Kier molecular flexibility index (Phi) is 2.74. The minimum atomic E-state index is -3.74. The number of hydrogen-bond donors (Lipinski definition) is 2. The third kappa shape index (κ3) is 3.25. The number of nitrogens with one attached hydrogen (secondary N) is 2. The predicted molar refractivity (Wildman–Crippen MR) is 83.2 cm³/mol. The summed E-state index contributed by atoms with van der Waals surface area (Å²) in [5, 5.41) is 3.19. The summed E-state index contributed by atoms with van der Waals surface area (Å²) < 4.78 is 56.8. The molecule has 0 bridgehead atoms. The maximum atomic E-state index is 11.7. The first-order chi connectivity index (χ1) is 11.9. The van der Waals surface area contributed by atoms with Crippen molar-refractivity contribution in [2.75, 3.05) is 24.7 Å². The van der Waals surface area contributed by atoms with Crippen LogP contribution in [0.1, 0.15) is 18.2 Å². The van der Waals surface area contributed by atoms with Crippen LogP contribution >= 0.6 is 0 Å². The Hall–Kier alpha value is -2.00. The molecule has 0 aromatic carbocycles. The van der Waals surface area contributed by atoms with Crippen LogP contribution in [0, 0.1) is 0 Å². The van der Waals surface area contributed by atoms with Crippen molar-refractivity contribution in [2.24, 2.45) is 0 Å². The molecule has 0 amide bonds. The van der Waals surface area contributed by atoms with Crippen LogP contribution in [0.4, 0.5) is 5.95 Å². The van der Waals surface area contributed by atoms with Gasteiger partial charge in [-0.05, 0) is 18.8 Å². The molecule has 2 aromatic rings. The monoisotopic (exact) mass is 327 g/mol. The van der Waals surface area contributed by atoms with Crippen LogP contribution in [0.5, 0.6) is 0 Å². The summed E-state index contributed by atoms with van der Waals surface area (Å²) in [6, 6.07) is 1.46. The van der Waals surface area contributed by atoms with Gasteiger partial charge in [-0.1, -0.05) is 0 Å². The lowest BCUT2D eigenvalue weighted by Gasteiger charge is -2.30. The summed E-state index contributed by atoms with van der Waals surface area (Å²) >= 11 is 0. The van der Waals surface area contributed by atoms with Gasteiger partial charge in [-0.3, -0.25) is 4.79 Å². The smallest absolute Gasteiger partial charge is 0.249 e. The first-order valence-electron chi connectivity index (χ1n) is 8.46. The molecule has 118 valence electrons. The Morgan fingerprint density at radius 3 is 2.82 bits per heavy atom. The highest BCUT2D eigenvalue weighted by Crippen LogP contribution is 2.17. The van der Waals surface area contributed by atoms with Gasteiger partial charge in [0.2, 0.25) is 21.5 Å². The van der Waals surface area contributed by atoms with E-state index >= 15 is 0 Å². The molecule has 22 heavy (non-hydrogen) atoms. The van der Waals surface area contributed by atoms with Gasteiger partial charge in [-0.25, -0.2) is 17.7 Å². The van der Waals surface area contributed by atoms with Crippen LogP contribution in [0.3, 0.4) is 0 Å². The molecule has 0 radical (unpaired) electrons. The molecule has 3 rings (SSSR count). The van der Waals surface area contributed by atoms with Gasteiger partial charge in [-0.15, -0.1) is 0 Å². The first-order valence-corrected chi connectivity index (χ1v) is 8.31. The molecule has 1 aliphatic rings. The second-order valence-electron chi connectivity index (χ2n) is 4.84. The topological polar surface area (TPSA) is 108 Å². The number of H-pyrrole nitrogens is 1. The number of hydrogen-bond acceptors (Lipinski definition) is 6. The maximum absolute atomic E-state index is 11.7. The van der Waals surface area contributed by atoms with Gasteiger partial charge in [0.05, 0.1) is 6.26 Å². The van der Waals surface area contributed by atoms with E-state index in [1.54, 1.807) is 0 Å². The van der Waals surface area contributed by atoms with Gasteiger partial charge in [0, 0.05) is 42.3 Å². The third-order valence-corrected chi connectivity index (χ3v) is 4.36. The van der Waals surface area contributed by atoms with Gasteiger partial charge in [0.25, 0.3) is 0 Å². The largest absolute Gasteiger partial charge is 0.351 e. The van der Waals surface area contributed by atoms with Crippen molar-refractivity contribution < 1.29 is 13.9 Å². The Morgan fingerprint density at radius 2 is 2.14 bits per heavy atom. The van der Waals surface area contributed by atoms with Crippen molar-refractivity contribution >= 4 is 27.0 Å². The fourth-order valence-corrected chi connectivity index (χ4v) is 2.60. The van der Waals surface area contributed by atoms with E-state index in [9.17, 15) is 13.2 Å². The Morgan fingerprint density at radius 1 is 1.41 bits per heavy atom. The molecule has 0 aliphatic carbocycles. The molecule has 0 atom stereocenters. The van der Waals surface area contributed by atoms with Crippen LogP contribution < -0.4 is 10.9 Å². The number of rotatable bonds is 3. The van der Waals surface area contributed by atoms with Crippen molar-refractivity contribution in [3.05, 3.63) is 28.7 Å². The van der Waals surface area contributed by atoms with E-state index in [1.807, 2.05) is 0 Å². The summed E-state index contributed by atoms with van der Waals surface area (Å²) in [5.74, 6) is -0.0649. The highest BCUT2D eigenvalue weighted by atomic mass is 32.2. The van der Waals surface area contributed by atoms with Gasteiger partial charge in [0.15, 0.2) is 0 Å². The fourth-order valence-electron chi connectivity index (χ4n) is 1.99. The lowest BCUT2D eigenvalue weighted by molar-refractivity contribution is 0.331. The molecular formula is C13H17N5O3S. The molecule has 2 aromatic heterocycles. The second kappa shape index (κ2) is 5.65. The second-order valence-corrected chi connectivity index (χ2v) is 6.82. The fraction of sp³-hybridized carbons (Fsp3) is 0.462. The number of anilines is 1. The molecule has 1 saturated heterocycles. The molecule has 0 saturated carbocycles. The number of sulfonamides is 1. The van der Waals surface area contributed by atoms with Crippen LogP contribution in [0.25, 0.3) is 11.0 Å². The zero-order chi connectivity index (χ0) is 19.3. The Labute approximate surface area is 133 Å². The number of aromatic amines is 1. The van der Waals surface area contributed by atoms with Crippen molar-refractivity contribution in [1.82, 2.24) is 19.3 Å². The van der Waals surface area contributed by atoms with Crippen LogP contribution in [-0.4, -0.2) is 53.1 Å². The SMILES string of the molecule is [2H]C1([2H])CN(S(C)(=O)=O)CC([2H])([2H])C1Nc1ncc2ccc(=O)[nH]c2n1. The van der Waals surface area contributed by atoms with Gasteiger partial charge in [-0.2, -0.15) is 4.98 Å². The molecule has 3 heterocycles. The molecule has 9 heteroatoms. The summed E-state index contributed by atoms with van der Waals surface area (Å²) in [6.07, 6.45) is -2.10. The van der Waals surface area contributed by atoms with E-state index in [4.69, 9.17) is 5.48 Å². The van der Waals surface area contributed by atoms with Crippen molar-refractivity contribution in [1.29, 1.82) is 0 Å². The van der Waals surface area contributed by atoms with Crippen LogP contribution in [-0.2, 0) is 10.0 Å². The maximum Gasteiger partial charge on any atom is 0.249 e. The third-order valence-electron chi connectivity index (χ3n) is 3.16. The molecule has 8 nitrogen and oxygen atoms in total. The summed E-state index contributed by atoms with van der Waals surface area (Å²) in [5.41, 5.74) is -0.140. The standard InChI is InChI=1S/C13H17N5O3S/c1-22(20,21)18-6-4-10(5-7-18)15-13-14-8-9-2-3-11(19)16-12(9)17-13/h2-3,8,10H,4-7H2,1H3,(H2,14,15,16,17,19)/i4D2,5D2. The minimum Gasteiger partial charge on any atom is -0.351 e. The lowest BCUT2D eigenvalue weighted by atomic mass is 10.1. The van der Waals surface area contributed by atoms with E-state index in [2.05, 4.69) is 20.3 Å². The number of fused-ring (bicyclic) bond motifs is 1. The zero-order valence-electron chi connectivity index (χ0n) is 15.7. The Bertz CT molecular complexity index is 992. The predicted octanol–water partition coefficient (Wildman–Crippen LogP) is 0.154. The van der Waals surface area contributed by atoms with Gasteiger partial charge >= 0.3 is 0 Å². The highest BCUT2D eigenvalue weighted by molar-refractivity contribution is 7.88. The molecule has 2 N–H and O–H groups in total. The van der Waals surface area contributed by atoms with E-state index in [0.29, 0.717) is 5.39 Å². The zero-order valence-corrected chi connectivity index (χ0v) is 12.5. The quantitative estimate of drug-likeness (QED) is 0.831. The van der Waals surface area contributed by atoms with E-state index in [1.165, 1.54) is 18.3 Å². The van der Waals surface area contributed by atoms with Gasteiger partial charge in [0.1, 0.15) is 5.65 Å². The minimum absolute atomic E-state index is 0.0649. The van der Waals surface area contributed by atoms with Crippen LogP contribution in [0.2, 0.25) is 0 Å². The van der Waals surface area contributed by atoms with E-state index in [0.717, 1.165) is 10.6 Å². The molecule has 1 fully saturated rings. The molecule has 0 spiro atoms. The Balaban J connectivity index is 1.94. The molecule has 0 unspecified atom stereocenters. The van der Waals surface area contributed by atoms with Crippen molar-refractivity contribution in [2.45, 2.75) is 18.8 Å². The van der Waals surface area contributed by atoms with Crippen molar-refractivity contribution in [3.63, 3.8) is 0 Å². The first kappa shape index (κ1) is 10.7. The number of piperidine rings is 1. The highest BCUT2D eigenvalue weighted by Gasteiger charge is 2.25.